The maximum absolute atomic E-state index is 9.79. The van der Waals surface area contributed by atoms with Crippen molar-refractivity contribution in [3.05, 3.63) is 11.7 Å². The summed E-state index contributed by atoms with van der Waals surface area (Å²) in [6.07, 6.45) is 0.383. The van der Waals surface area contributed by atoms with E-state index in [1.807, 2.05) is 13.8 Å². The Balaban J connectivity index is 2.21. The van der Waals surface area contributed by atoms with Gasteiger partial charge in [0.05, 0.1) is 12.0 Å². The first-order chi connectivity index (χ1) is 8.10. The number of hydrogen-bond acceptors (Lipinski definition) is 6. The number of hydrogen-bond donors (Lipinski definition) is 1. The molecular formula is C11H18N2O3S. The van der Waals surface area contributed by atoms with Crippen LogP contribution in [0.1, 0.15) is 37.9 Å². The minimum atomic E-state index is -0.515. The van der Waals surface area contributed by atoms with Gasteiger partial charge in [0.15, 0.2) is 0 Å². The zero-order chi connectivity index (χ0) is 12.5. The van der Waals surface area contributed by atoms with Gasteiger partial charge in [-0.15, -0.1) is 0 Å². The third kappa shape index (κ3) is 2.34. The van der Waals surface area contributed by atoms with Crippen LogP contribution in [0.2, 0.25) is 0 Å². The van der Waals surface area contributed by atoms with Crippen LogP contribution in [0.5, 0.6) is 0 Å². The number of thioether (sulfide) groups is 1. The third-order valence-corrected chi connectivity index (χ3v) is 4.58. The van der Waals surface area contributed by atoms with Crippen molar-refractivity contribution >= 4 is 11.8 Å². The smallest absolute Gasteiger partial charge is 0.233 e. The van der Waals surface area contributed by atoms with Gasteiger partial charge < -0.3 is 14.4 Å². The SMILES string of the molecule is CCC(C)(OC)c1noc(C2CSCC2O)n1. The molecular weight excluding hydrogens is 240 g/mol. The predicted molar refractivity (Wildman–Crippen MR) is 65.0 cm³/mol. The molecule has 0 saturated carbocycles. The molecule has 0 amide bonds. The van der Waals surface area contributed by atoms with Gasteiger partial charge in [0.2, 0.25) is 11.7 Å². The molecule has 2 rings (SSSR count). The normalized spacial score (nSPS) is 28.2. The topological polar surface area (TPSA) is 68.4 Å². The summed E-state index contributed by atoms with van der Waals surface area (Å²) in [7, 11) is 1.64. The number of aliphatic hydroxyl groups excluding tert-OH is 1. The van der Waals surface area contributed by atoms with Crippen LogP contribution >= 0.6 is 11.8 Å². The monoisotopic (exact) mass is 258 g/mol. The Morgan fingerprint density at radius 2 is 2.35 bits per heavy atom. The van der Waals surface area contributed by atoms with Crippen molar-refractivity contribution in [3.63, 3.8) is 0 Å². The Hall–Kier alpha value is -0.590. The molecule has 1 aliphatic rings. The minimum absolute atomic E-state index is 0.0424. The van der Waals surface area contributed by atoms with Gasteiger partial charge >= 0.3 is 0 Å². The molecule has 0 spiro atoms. The lowest BCUT2D eigenvalue weighted by Crippen LogP contribution is -2.25. The Morgan fingerprint density at radius 1 is 1.59 bits per heavy atom. The molecule has 3 atom stereocenters. The first-order valence-electron chi connectivity index (χ1n) is 5.75. The molecule has 1 fully saturated rings. The van der Waals surface area contributed by atoms with Gasteiger partial charge in [0.1, 0.15) is 5.60 Å². The molecule has 1 aliphatic heterocycles. The van der Waals surface area contributed by atoms with Crippen LogP contribution in [-0.2, 0) is 10.3 Å². The standard InChI is InChI=1S/C11H18N2O3S/c1-4-11(2,15-3)10-12-9(16-13-10)7-5-17-6-8(7)14/h7-8,14H,4-6H2,1-3H3. The van der Waals surface area contributed by atoms with Gasteiger partial charge in [0.25, 0.3) is 0 Å². The summed E-state index contributed by atoms with van der Waals surface area (Å²) >= 11 is 1.70. The number of nitrogens with zero attached hydrogens (tertiary/aromatic N) is 2. The summed E-state index contributed by atoms with van der Waals surface area (Å²) in [4.78, 5) is 4.38. The van der Waals surface area contributed by atoms with Gasteiger partial charge in [0, 0.05) is 18.6 Å². The van der Waals surface area contributed by atoms with Crippen LogP contribution in [0.25, 0.3) is 0 Å². The molecule has 0 aromatic carbocycles. The van der Waals surface area contributed by atoms with Gasteiger partial charge in [-0.2, -0.15) is 16.7 Å². The average Bonchev–Trinajstić information content (AvgIpc) is 2.96. The molecule has 1 saturated heterocycles. The van der Waals surface area contributed by atoms with Crippen molar-refractivity contribution in [1.82, 2.24) is 10.1 Å². The highest BCUT2D eigenvalue weighted by atomic mass is 32.2. The zero-order valence-electron chi connectivity index (χ0n) is 10.3. The molecule has 2 heterocycles. The highest BCUT2D eigenvalue weighted by Crippen LogP contribution is 2.33. The summed E-state index contributed by atoms with van der Waals surface area (Å²) in [5, 5.41) is 13.8. The number of methoxy groups -OCH3 is 1. The summed E-state index contributed by atoms with van der Waals surface area (Å²) < 4.78 is 10.7. The molecule has 1 N–H and O–H groups in total. The van der Waals surface area contributed by atoms with Crippen molar-refractivity contribution in [2.75, 3.05) is 18.6 Å². The van der Waals surface area contributed by atoms with Crippen LogP contribution < -0.4 is 0 Å². The molecule has 3 unspecified atom stereocenters. The molecule has 1 aromatic heterocycles. The van der Waals surface area contributed by atoms with Gasteiger partial charge in [-0.1, -0.05) is 12.1 Å². The van der Waals surface area contributed by atoms with E-state index in [0.717, 1.165) is 17.9 Å². The molecule has 0 aliphatic carbocycles. The lowest BCUT2D eigenvalue weighted by Gasteiger charge is -2.21. The molecule has 96 valence electrons. The minimum Gasteiger partial charge on any atom is -0.391 e. The van der Waals surface area contributed by atoms with Crippen LogP contribution in [-0.4, -0.2) is 40.0 Å². The highest BCUT2D eigenvalue weighted by Gasteiger charge is 2.35. The van der Waals surface area contributed by atoms with E-state index in [2.05, 4.69) is 10.1 Å². The Bertz CT molecular complexity index is 379. The van der Waals surface area contributed by atoms with Crippen LogP contribution in [0.3, 0.4) is 0 Å². The Kier molecular flexibility index (Phi) is 3.75. The van der Waals surface area contributed by atoms with E-state index < -0.39 is 5.60 Å². The molecule has 1 aromatic rings. The summed E-state index contributed by atoms with van der Waals surface area (Å²) in [6, 6.07) is 0. The second-order valence-corrected chi connectivity index (χ2v) is 5.53. The highest BCUT2D eigenvalue weighted by molar-refractivity contribution is 7.99. The fraction of sp³-hybridized carbons (Fsp3) is 0.818. The molecule has 5 nitrogen and oxygen atoms in total. The van der Waals surface area contributed by atoms with E-state index in [4.69, 9.17) is 9.26 Å². The Morgan fingerprint density at radius 3 is 2.88 bits per heavy atom. The number of aromatic nitrogens is 2. The summed E-state index contributed by atoms with van der Waals surface area (Å²) in [5.74, 6) is 2.60. The first-order valence-corrected chi connectivity index (χ1v) is 6.91. The van der Waals surface area contributed by atoms with Crippen LogP contribution in [0.15, 0.2) is 4.52 Å². The lowest BCUT2D eigenvalue weighted by molar-refractivity contribution is -0.0106. The van der Waals surface area contributed by atoms with E-state index in [9.17, 15) is 5.11 Å². The van der Waals surface area contributed by atoms with Crippen molar-refractivity contribution in [3.8, 4) is 0 Å². The second-order valence-electron chi connectivity index (χ2n) is 4.46. The second kappa shape index (κ2) is 4.96. The number of aliphatic hydroxyl groups is 1. The molecule has 0 bridgehead atoms. The summed E-state index contributed by atoms with van der Waals surface area (Å²) in [5.41, 5.74) is -0.515. The van der Waals surface area contributed by atoms with Crippen molar-refractivity contribution in [2.45, 2.75) is 37.9 Å². The lowest BCUT2D eigenvalue weighted by atomic mass is 10.0. The molecule has 6 heteroatoms. The molecule has 17 heavy (non-hydrogen) atoms. The maximum Gasteiger partial charge on any atom is 0.233 e. The van der Waals surface area contributed by atoms with Crippen molar-refractivity contribution < 1.29 is 14.4 Å². The van der Waals surface area contributed by atoms with Gasteiger partial charge in [-0.3, -0.25) is 0 Å². The quantitative estimate of drug-likeness (QED) is 0.883. The molecule has 0 radical (unpaired) electrons. The summed E-state index contributed by atoms with van der Waals surface area (Å²) in [6.45, 7) is 3.95. The van der Waals surface area contributed by atoms with E-state index in [-0.39, 0.29) is 12.0 Å². The van der Waals surface area contributed by atoms with Crippen molar-refractivity contribution in [1.29, 1.82) is 0 Å². The van der Waals surface area contributed by atoms with E-state index in [0.29, 0.717) is 11.7 Å². The van der Waals surface area contributed by atoms with Gasteiger partial charge in [-0.05, 0) is 13.3 Å². The van der Waals surface area contributed by atoms with Crippen molar-refractivity contribution in [2.24, 2.45) is 0 Å². The number of rotatable bonds is 4. The third-order valence-electron chi connectivity index (χ3n) is 3.41. The maximum atomic E-state index is 9.79. The largest absolute Gasteiger partial charge is 0.391 e. The zero-order valence-corrected chi connectivity index (χ0v) is 11.2. The number of ether oxygens (including phenoxy) is 1. The first kappa shape index (κ1) is 12.9. The predicted octanol–water partition coefficient (Wildman–Crippen LogP) is 1.53. The Labute approximate surface area is 105 Å². The average molecular weight is 258 g/mol. The fourth-order valence-corrected chi connectivity index (χ4v) is 3.00. The van der Waals surface area contributed by atoms with E-state index in [1.165, 1.54) is 0 Å². The van der Waals surface area contributed by atoms with Crippen LogP contribution in [0, 0.1) is 0 Å². The van der Waals surface area contributed by atoms with Crippen LogP contribution in [0.4, 0.5) is 0 Å². The van der Waals surface area contributed by atoms with E-state index in [1.54, 1.807) is 18.9 Å². The van der Waals surface area contributed by atoms with Gasteiger partial charge in [-0.25, -0.2) is 0 Å². The van der Waals surface area contributed by atoms with E-state index >= 15 is 0 Å². The fourth-order valence-electron chi connectivity index (χ4n) is 1.77.